The lowest BCUT2D eigenvalue weighted by Gasteiger charge is -2.25. The quantitative estimate of drug-likeness (QED) is 0.603. The molecule has 0 radical (unpaired) electrons. The van der Waals surface area contributed by atoms with Gasteiger partial charge in [0.15, 0.2) is 6.29 Å². The first-order valence-corrected chi connectivity index (χ1v) is 6.59. The molecule has 1 fully saturated rings. The fourth-order valence-electron chi connectivity index (χ4n) is 1.98. The maximum absolute atomic E-state index is 9.89. The molecule has 1 aromatic rings. The van der Waals surface area contributed by atoms with Gasteiger partial charge in [-0.15, -0.1) is 0 Å². The summed E-state index contributed by atoms with van der Waals surface area (Å²) in [6.45, 7) is -0.605. The van der Waals surface area contributed by atoms with Crippen molar-refractivity contribution in [2.45, 2.75) is 30.7 Å². The smallest absolute Gasteiger partial charge is 0.185 e. The summed E-state index contributed by atoms with van der Waals surface area (Å²) >= 11 is 6.02. The Hall–Kier alpha value is -0.730. The Balaban J connectivity index is 2.00. The number of ether oxygens (including phenoxy) is 2. The molecule has 7 heteroatoms. The van der Waals surface area contributed by atoms with Gasteiger partial charge >= 0.3 is 0 Å². The van der Waals surface area contributed by atoms with E-state index in [0.717, 1.165) is 0 Å². The predicted octanol–water partition coefficient (Wildman–Crippen LogP) is -0.171. The zero-order valence-electron chi connectivity index (χ0n) is 10.6. The Morgan fingerprint density at radius 3 is 2.60 bits per heavy atom. The summed E-state index contributed by atoms with van der Waals surface area (Å²) in [6.07, 6.45) is -5.87. The Morgan fingerprint density at radius 2 is 1.95 bits per heavy atom. The van der Waals surface area contributed by atoms with E-state index in [1.54, 1.807) is 24.3 Å². The van der Waals surface area contributed by atoms with Crippen molar-refractivity contribution < 1.29 is 29.9 Å². The lowest BCUT2D eigenvalue weighted by molar-refractivity contribution is -0.134. The number of rotatable bonds is 5. The molecule has 6 nitrogen and oxygen atoms in total. The van der Waals surface area contributed by atoms with Gasteiger partial charge in [0.1, 0.15) is 24.4 Å². The zero-order valence-corrected chi connectivity index (χ0v) is 11.3. The van der Waals surface area contributed by atoms with Gasteiger partial charge in [0.05, 0.1) is 13.2 Å². The second kappa shape index (κ2) is 6.82. The normalized spacial score (nSPS) is 27.2. The summed E-state index contributed by atoms with van der Waals surface area (Å²) in [5, 5.41) is 38.1. The number of aliphatic hydroxyl groups is 4. The average molecular weight is 305 g/mol. The first kappa shape index (κ1) is 15.7. The third-order valence-corrected chi connectivity index (χ3v) is 3.53. The van der Waals surface area contributed by atoms with Crippen molar-refractivity contribution in [3.8, 4) is 0 Å². The summed E-state index contributed by atoms with van der Waals surface area (Å²) in [5.74, 6) is 0. The maximum atomic E-state index is 9.89. The first-order valence-electron chi connectivity index (χ1n) is 6.21. The van der Waals surface area contributed by atoms with Gasteiger partial charge in [-0.25, -0.2) is 0 Å². The highest BCUT2D eigenvalue weighted by Gasteiger charge is 2.38. The second-order valence-electron chi connectivity index (χ2n) is 4.59. The minimum atomic E-state index is -1.52. The highest BCUT2D eigenvalue weighted by molar-refractivity contribution is 6.31. The molecule has 1 aromatic carbocycles. The molecule has 0 aliphatic carbocycles. The molecule has 1 aliphatic heterocycles. The standard InChI is InChI=1S/C13H17ClO6/c14-8-4-2-1-3-7(8)13-19-6-10(20-13)12(18)11(17)9(16)5-15/h1-4,9-13,15-18H,5-6H2/t9-,10+,11-,12-,13?/m1/s1. The second-order valence-corrected chi connectivity index (χ2v) is 5.00. The lowest BCUT2D eigenvalue weighted by Crippen LogP contribution is -2.46. The van der Waals surface area contributed by atoms with Crippen molar-refractivity contribution >= 4 is 11.6 Å². The minimum Gasteiger partial charge on any atom is -0.394 e. The van der Waals surface area contributed by atoms with Crippen LogP contribution in [0.1, 0.15) is 11.9 Å². The van der Waals surface area contributed by atoms with Gasteiger partial charge in [-0.2, -0.15) is 0 Å². The Morgan fingerprint density at radius 1 is 1.25 bits per heavy atom. The molecule has 112 valence electrons. The summed E-state index contributed by atoms with van der Waals surface area (Å²) in [6, 6.07) is 6.98. The van der Waals surface area contributed by atoms with E-state index in [1.165, 1.54) is 0 Å². The number of hydrogen-bond acceptors (Lipinski definition) is 6. The number of halogens is 1. The Labute approximate surface area is 121 Å². The molecule has 0 bridgehead atoms. The van der Waals surface area contributed by atoms with Crippen LogP contribution in [0.4, 0.5) is 0 Å². The van der Waals surface area contributed by atoms with Crippen molar-refractivity contribution in [2.24, 2.45) is 0 Å². The van der Waals surface area contributed by atoms with Crippen molar-refractivity contribution in [1.82, 2.24) is 0 Å². The molecule has 2 rings (SSSR count). The molecule has 1 aliphatic rings. The van der Waals surface area contributed by atoms with Crippen LogP contribution >= 0.6 is 11.6 Å². The van der Waals surface area contributed by atoms with E-state index in [0.29, 0.717) is 10.6 Å². The van der Waals surface area contributed by atoms with Gasteiger partial charge in [-0.1, -0.05) is 29.8 Å². The van der Waals surface area contributed by atoms with E-state index in [9.17, 15) is 15.3 Å². The molecule has 20 heavy (non-hydrogen) atoms. The van der Waals surface area contributed by atoms with Gasteiger partial charge in [0, 0.05) is 10.6 Å². The molecule has 1 heterocycles. The highest BCUT2D eigenvalue weighted by Crippen LogP contribution is 2.33. The Bertz CT molecular complexity index is 443. The van der Waals surface area contributed by atoms with E-state index in [1.807, 2.05) is 0 Å². The van der Waals surface area contributed by atoms with Crippen LogP contribution in [0.2, 0.25) is 5.02 Å². The predicted molar refractivity (Wildman–Crippen MR) is 70.1 cm³/mol. The molecule has 5 atom stereocenters. The van der Waals surface area contributed by atoms with Crippen molar-refractivity contribution in [3.63, 3.8) is 0 Å². The van der Waals surface area contributed by atoms with E-state index in [4.69, 9.17) is 26.2 Å². The third-order valence-electron chi connectivity index (χ3n) is 3.18. The van der Waals surface area contributed by atoms with Gasteiger partial charge in [-0.3, -0.25) is 0 Å². The summed E-state index contributed by atoms with van der Waals surface area (Å²) in [5.41, 5.74) is 0.626. The monoisotopic (exact) mass is 304 g/mol. The van der Waals surface area contributed by atoms with Crippen LogP contribution in [-0.4, -0.2) is 58.1 Å². The fourth-order valence-corrected chi connectivity index (χ4v) is 2.21. The maximum Gasteiger partial charge on any atom is 0.185 e. The zero-order chi connectivity index (χ0) is 14.7. The highest BCUT2D eigenvalue weighted by atomic mass is 35.5. The lowest BCUT2D eigenvalue weighted by atomic mass is 10.0. The van der Waals surface area contributed by atoms with Crippen LogP contribution in [0.25, 0.3) is 0 Å². The molecule has 1 saturated heterocycles. The summed E-state index contributed by atoms with van der Waals surface area (Å²) < 4.78 is 10.9. The molecular weight excluding hydrogens is 288 g/mol. The number of aliphatic hydroxyl groups excluding tert-OH is 4. The molecule has 0 amide bonds. The van der Waals surface area contributed by atoms with E-state index < -0.39 is 37.3 Å². The molecule has 0 saturated carbocycles. The van der Waals surface area contributed by atoms with Crippen molar-refractivity contribution in [3.05, 3.63) is 34.9 Å². The van der Waals surface area contributed by atoms with E-state index >= 15 is 0 Å². The van der Waals surface area contributed by atoms with Crippen molar-refractivity contribution in [1.29, 1.82) is 0 Å². The number of hydrogen-bond donors (Lipinski definition) is 4. The number of benzene rings is 1. The minimum absolute atomic E-state index is 0.0479. The largest absolute Gasteiger partial charge is 0.394 e. The fraction of sp³-hybridized carbons (Fsp3) is 0.538. The van der Waals surface area contributed by atoms with Gasteiger partial charge < -0.3 is 29.9 Å². The molecule has 0 spiro atoms. The molecule has 4 N–H and O–H groups in total. The van der Waals surface area contributed by atoms with Gasteiger partial charge in [0.2, 0.25) is 0 Å². The van der Waals surface area contributed by atoms with Gasteiger partial charge in [0.25, 0.3) is 0 Å². The Kier molecular flexibility index (Phi) is 5.34. The SMILES string of the molecule is OC[C@@H](O)[C@@H](O)[C@H](O)[C@@H]1COC(c2ccccc2Cl)O1. The van der Waals surface area contributed by atoms with Gasteiger partial charge in [-0.05, 0) is 6.07 Å². The van der Waals surface area contributed by atoms with Crippen molar-refractivity contribution in [2.75, 3.05) is 13.2 Å². The van der Waals surface area contributed by atoms with Crippen LogP contribution in [0, 0.1) is 0 Å². The van der Waals surface area contributed by atoms with Crippen LogP contribution in [0.15, 0.2) is 24.3 Å². The molecular formula is C13H17ClO6. The van der Waals surface area contributed by atoms with Crippen LogP contribution in [0.5, 0.6) is 0 Å². The summed E-state index contributed by atoms with van der Waals surface area (Å²) in [4.78, 5) is 0. The molecule has 0 aromatic heterocycles. The average Bonchev–Trinajstić information content (AvgIpc) is 2.94. The summed E-state index contributed by atoms with van der Waals surface area (Å²) in [7, 11) is 0. The van der Waals surface area contributed by atoms with E-state index in [-0.39, 0.29) is 6.61 Å². The topological polar surface area (TPSA) is 99.4 Å². The van der Waals surface area contributed by atoms with Crippen LogP contribution < -0.4 is 0 Å². The molecule has 1 unspecified atom stereocenters. The van der Waals surface area contributed by atoms with Crippen LogP contribution in [-0.2, 0) is 9.47 Å². The first-order chi connectivity index (χ1) is 9.54. The van der Waals surface area contributed by atoms with E-state index in [2.05, 4.69) is 0 Å². The third kappa shape index (κ3) is 3.29. The van der Waals surface area contributed by atoms with Crippen LogP contribution in [0.3, 0.4) is 0 Å².